The molecule has 1 amide bonds. The van der Waals surface area contributed by atoms with Crippen LogP contribution >= 0.6 is 23.4 Å². The molecule has 1 N–H and O–H groups in total. The zero-order valence-corrected chi connectivity index (χ0v) is 18.1. The predicted octanol–water partition coefficient (Wildman–Crippen LogP) is 4.58. The molecule has 2 aliphatic heterocycles. The summed E-state index contributed by atoms with van der Waals surface area (Å²) in [6, 6.07) is 12.5. The number of ether oxygens (including phenoxy) is 3. The largest absolute Gasteiger partial charge is 0.497 e. The van der Waals surface area contributed by atoms with Gasteiger partial charge in [0.25, 0.3) is 5.91 Å². The van der Waals surface area contributed by atoms with Gasteiger partial charge in [0.15, 0.2) is 5.17 Å². The maximum atomic E-state index is 12.3. The van der Waals surface area contributed by atoms with Crippen LogP contribution in [0.2, 0.25) is 5.02 Å². The van der Waals surface area contributed by atoms with Gasteiger partial charge in [-0.2, -0.15) is 4.99 Å². The summed E-state index contributed by atoms with van der Waals surface area (Å²) in [5.74, 6) is 1.63. The third kappa shape index (κ3) is 4.76. The molecule has 0 saturated carbocycles. The molecule has 0 fully saturated rings. The van der Waals surface area contributed by atoms with E-state index in [0.29, 0.717) is 40.5 Å². The molecule has 0 aliphatic carbocycles. The fourth-order valence-corrected chi connectivity index (χ4v) is 3.85. The fraction of sp³-hybridized carbons (Fsp3) is 0.136. The molecule has 0 saturated heterocycles. The summed E-state index contributed by atoms with van der Waals surface area (Å²) in [5.41, 5.74) is 0.878. The SMILES string of the molecule is COc1ccc(OCCOc2ccc(C=C3C(=N)N4C=CSC4=NC3=O)cc2Cl)cc1. The molecule has 7 nitrogen and oxygen atoms in total. The summed E-state index contributed by atoms with van der Waals surface area (Å²) < 4.78 is 16.4. The third-order valence-electron chi connectivity index (χ3n) is 4.45. The first kappa shape index (κ1) is 21.0. The van der Waals surface area contributed by atoms with Crippen molar-refractivity contribution in [3.8, 4) is 17.2 Å². The first-order chi connectivity index (χ1) is 15.0. The van der Waals surface area contributed by atoms with Crippen LogP contribution in [0, 0.1) is 5.41 Å². The van der Waals surface area contributed by atoms with E-state index in [0.717, 1.165) is 5.75 Å². The lowest BCUT2D eigenvalue weighted by Crippen LogP contribution is -2.35. The van der Waals surface area contributed by atoms with E-state index in [1.54, 1.807) is 47.9 Å². The van der Waals surface area contributed by atoms with Crippen LogP contribution in [0.5, 0.6) is 17.2 Å². The molecular formula is C22H18ClN3O4S. The molecule has 2 aliphatic rings. The third-order valence-corrected chi connectivity index (χ3v) is 5.50. The van der Waals surface area contributed by atoms with Crippen LogP contribution in [-0.4, -0.2) is 42.1 Å². The number of carbonyl (C=O) groups excluding carboxylic acids is 1. The molecule has 0 spiro atoms. The lowest BCUT2D eigenvalue weighted by atomic mass is 10.1. The van der Waals surface area contributed by atoms with Gasteiger partial charge in [-0.3, -0.25) is 15.1 Å². The second-order valence-corrected chi connectivity index (χ2v) is 7.72. The van der Waals surface area contributed by atoms with E-state index >= 15 is 0 Å². The highest BCUT2D eigenvalue weighted by Crippen LogP contribution is 2.30. The van der Waals surface area contributed by atoms with Gasteiger partial charge in [0.2, 0.25) is 0 Å². The Bertz CT molecular complexity index is 1110. The minimum atomic E-state index is -0.445. The zero-order chi connectivity index (χ0) is 21.8. The van der Waals surface area contributed by atoms with E-state index in [1.165, 1.54) is 11.8 Å². The number of halogens is 1. The summed E-state index contributed by atoms with van der Waals surface area (Å²) >= 11 is 7.65. The number of hydrogen-bond acceptors (Lipinski definition) is 6. The van der Waals surface area contributed by atoms with Crippen molar-refractivity contribution in [1.82, 2.24) is 4.90 Å². The summed E-state index contributed by atoms with van der Waals surface area (Å²) in [7, 11) is 1.61. The van der Waals surface area contributed by atoms with E-state index in [-0.39, 0.29) is 11.4 Å². The number of methoxy groups -OCH3 is 1. The van der Waals surface area contributed by atoms with Gasteiger partial charge >= 0.3 is 0 Å². The number of thioether (sulfide) groups is 1. The van der Waals surface area contributed by atoms with E-state index in [9.17, 15) is 4.79 Å². The Labute approximate surface area is 188 Å². The minimum absolute atomic E-state index is 0.0865. The van der Waals surface area contributed by atoms with E-state index in [1.807, 2.05) is 24.3 Å². The first-order valence-corrected chi connectivity index (χ1v) is 10.6. The monoisotopic (exact) mass is 455 g/mol. The highest BCUT2D eigenvalue weighted by Gasteiger charge is 2.31. The van der Waals surface area contributed by atoms with Gasteiger partial charge in [-0.25, -0.2) is 0 Å². The van der Waals surface area contributed by atoms with Crippen LogP contribution in [0.25, 0.3) is 6.08 Å². The summed E-state index contributed by atoms with van der Waals surface area (Å²) in [4.78, 5) is 17.9. The number of amidine groups is 2. The van der Waals surface area contributed by atoms with Crippen LogP contribution < -0.4 is 14.2 Å². The zero-order valence-electron chi connectivity index (χ0n) is 16.5. The maximum Gasteiger partial charge on any atom is 0.283 e. The van der Waals surface area contributed by atoms with Crippen molar-refractivity contribution in [2.45, 2.75) is 0 Å². The molecule has 2 heterocycles. The normalized spacial score (nSPS) is 16.4. The van der Waals surface area contributed by atoms with Gasteiger partial charge in [0, 0.05) is 6.20 Å². The van der Waals surface area contributed by atoms with Crippen LogP contribution in [0.1, 0.15) is 5.56 Å². The van der Waals surface area contributed by atoms with Crippen molar-refractivity contribution in [3.63, 3.8) is 0 Å². The van der Waals surface area contributed by atoms with Gasteiger partial charge in [-0.05, 0) is 53.4 Å². The first-order valence-electron chi connectivity index (χ1n) is 9.30. The summed E-state index contributed by atoms with van der Waals surface area (Å²) in [5, 5.41) is 10.9. The number of rotatable bonds is 7. The second-order valence-electron chi connectivity index (χ2n) is 6.44. The van der Waals surface area contributed by atoms with Gasteiger partial charge in [0.1, 0.15) is 36.3 Å². The van der Waals surface area contributed by atoms with Crippen molar-refractivity contribution in [2.75, 3.05) is 20.3 Å². The number of benzene rings is 2. The Balaban J connectivity index is 1.36. The Morgan fingerprint density at radius 3 is 2.61 bits per heavy atom. The number of nitrogens with zero attached hydrogens (tertiary/aromatic N) is 2. The van der Waals surface area contributed by atoms with Crippen molar-refractivity contribution in [1.29, 1.82) is 5.41 Å². The average Bonchev–Trinajstić information content (AvgIpc) is 3.24. The number of amides is 1. The Morgan fingerprint density at radius 1 is 1.13 bits per heavy atom. The molecule has 0 atom stereocenters. The smallest absolute Gasteiger partial charge is 0.283 e. The summed E-state index contributed by atoms with van der Waals surface area (Å²) in [6.45, 7) is 0.660. The van der Waals surface area contributed by atoms with E-state index in [2.05, 4.69) is 4.99 Å². The van der Waals surface area contributed by atoms with Crippen LogP contribution in [0.4, 0.5) is 0 Å². The van der Waals surface area contributed by atoms with Crippen molar-refractivity contribution in [2.24, 2.45) is 4.99 Å². The number of aliphatic imine (C=N–C) groups is 1. The van der Waals surface area contributed by atoms with Gasteiger partial charge in [-0.1, -0.05) is 29.4 Å². The predicted molar refractivity (Wildman–Crippen MR) is 122 cm³/mol. The fourth-order valence-electron chi connectivity index (χ4n) is 2.91. The number of nitrogens with one attached hydrogen (secondary N) is 1. The Hall–Kier alpha value is -3.23. The van der Waals surface area contributed by atoms with Gasteiger partial charge < -0.3 is 14.2 Å². The average molecular weight is 456 g/mol. The standard InChI is InChI=1S/C22H18ClN3O4S/c1-28-15-3-5-16(6-4-15)29-9-10-30-19-7-2-14(13-18(19)23)12-17-20(24)26-8-11-31-22(26)25-21(17)27/h2-8,11-13,24H,9-10H2,1H3. The highest BCUT2D eigenvalue weighted by molar-refractivity contribution is 8.16. The molecule has 9 heteroatoms. The van der Waals surface area contributed by atoms with Crippen molar-refractivity contribution in [3.05, 3.63) is 70.2 Å². The molecule has 0 radical (unpaired) electrons. The number of carbonyl (C=O) groups is 1. The lowest BCUT2D eigenvalue weighted by molar-refractivity contribution is -0.114. The quantitative estimate of drug-likeness (QED) is 0.486. The number of fused-ring (bicyclic) bond motifs is 1. The van der Waals surface area contributed by atoms with Crippen LogP contribution in [0.3, 0.4) is 0 Å². The molecule has 31 heavy (non-hydrogen) atoms. The lowest BCUT2D eigenvalue weighted by Gasteiger charge is -2.22. The van der Waals surface area contributed by atoms with Gasteiger partial charge in [0.05, 0.1) is 17.7 Å². The highest BCUT2D eigenvalue weighted by atomic mass is 35.5. The maximum absolute atomic E-state index is 12.3. The van der Waals surface area contributed by atoms with Crippen LogP contribution in [0.15, 0.2) is 64.6 Å². The van der Waals surface area contributed by atoms with Gasteiger partial charge in [-0.15, -0.1) is 0 Å². The Kier molecular flexibility index (Phi) is 6.29. The van der Waals surface area contributed by atoms with E-state index < -0.39 is 5.91 Å². The molecule has 158 valence electrons. The van der Waals surface area contributed by atoms with Crippen LogP contribution in [-0.2, 0) is 4.79 Å². The Morgan fingerprint density at radius 2 is 1.87 bits per heavy atom. The summed E-state index contributed by atoms with van der Waals surface area (Å²) in [6.07, 6.45) is 3.31. The van der Waals surface area contributed by atoms with Crippen molar-refractivity contribution >= 4 is 46.3 Å². The molecule has 4 rings (SSSR count). The molecular weight excluding hydrogens is 438 g/mol. The second kappa shape index (κ2) is 9.28. The molecule has 2 aromatic rings. The minimum Gasteiger partial charge on any atom is -0.497 e. The molecule has 0 unspecified atom stereocenters. The number of hydrogen-bond donors (Lipinski definition) is 1. The topological polar surface area (TPSA) is 84.2 Å². The van der Waals surface area contributed by atoms with Crippen molar-refractivity contribution < 1.29 is 19.0 Å². The molecule has 0 bridgehead atoms. The molecule has 2 aromatic carbocycles. The van der Waals surface area contributed by atoms with E-state index in [4.69, 9.17) is 31.2 Å². The molecule has 0 aromatic heterocycles.